The average Bonchev–Trinajstić information content (AvgIpc) is 3.96. The highest BCUT2D eigenvalue weighted by Crippen LogP contribution is 2.48. The Morgan fingerprint density at radius 3 is 2.54 bits per heavy atom. The van der Waals surface area contributed by atoms with Crippen LogP contribution in [0, 0.1) is 5.92 Å². The number of likely N-dealkylation sites (N-methyl/N-ethyl adjacent to an activating group) is 1. The van der Waals surface area contributed by atoms with Gasteiger partial charge in [0.2, 0.25) is 27.7 Å². The number of ether oxygens (including phenoxy) is 2. The Morgan fingerprint density at radius 1 is 1.04 bits per heavy atom. The largest absolute Gasteiger partial charge is 0.472 e. The Bertz CT molecular complexity index is 1740. The van der Waals surface area contributed by atoms with Crippen LogP contribution in [0.4, 0.5) is 4.79 Å². The summed E-state index contributed by atoms with van der Waals surface area (Å²) in [7, 11) is -1.98. The number of amides is 4. The first-order valence-electron chi connectivity index (χ1n) is 17.5. The minimum atomic E-state index is -3.86. The molecular formula is C35H48N6O8S. The molecule has 2 aromatic rings. The van der Waals surface area contributed by atoms with Gasteiger partial charge in [0, 0.05) is 24.5 Å². The fourth-order valence-corrected chi connectivity index (χ4v) is 8.42. The van der Waals surface area contributed by atoms with E-state index in [-0.39, 0.29) is 25.4 Å². The molecule has 1 aromatic heterocycles. The van der Waals surface area contributed by atoms with Gasteiger partial charge >= 0.3 is 6.09 Å². The molecule has 3 heterocycles. The van der Waals surface area contributed by atoms with Gasteiger partial charge in [-0.1, -0.05) is 31.0 Å². The van der Waals surface area contributed by atoms with Crippen molar-refractivity contribution in [1.82, 2.24) is 30.1 Å². The maximum Gasteiger partial charge on any atom is 0.408 e. The van der Waals surface area contributed by atoms with Crippen LogP contribution in [0.5, 0.6) is 5.88 Å². The molecule has 4 aliphatic rings. The van der Waals surface area contributed by atoms with Crippen molar-refractivity contribution in [2.75, 3.05) is 26.7 Å². The van der Waals surface area contributed by atoms with Gasteiger partial charge in [0.15, 0.2) is 0 Å². The number of nitrogens with one attached hydrogen (secondary N) is 3. The van der Waals surface area contributed by atoms with Crippen molar-refractivity contribution < 1.29 is 37.1 Å². The number of fused-ring (bicyclic) bond motifs is 3. The highest BCUT2D eigenvalue weighted by Gasteiger charge is 2.62. The van der Waals surface area contributed by atoms with Gasteiger partial charge in [-0.05, 0) is 89.9 Å². The molecule has 6 rings (SSSR count). The lowest BCUT2D eigenvalue weighted by atomic mass is 10.1. The Labute approximate surface area is 293 Å². The predicted molar refractivity (Wildman–Crippen MR) is 184 cm³/mol. The monoisotopic (exact) mass is 712 g/mol. The Hall–Kier alpha value is -3.98. The number of carbonyl (C=O) groups excluding carboxylic acids is 4. The first kappa shape index (κ1) is 35.8. The number of hydrogen-bond donors (Lipinski definition) is 3. The number of rotatable bonds is 6. The van der Waals surface area contributed by atoms with Crippen molar-refractivity contribution in [1.29, 1.82) is 0 Å². The maximum absolute atomic E-state index is 14.5. The third kappa shape index (κ3) is 8.14. The standard InChI is InChI=1S/C35H48N6O8S/c1-34(2,3)49-33(45)37-27-21-40(4)17-9-5-6-11-23-19-35(23,32(44)39-50(46,47)25-13-14-25)38-29(42)28-18-24(20-41(28)31(27)43)48-30-26-12-8-7-10-22(26)15-16-36-30/h7-8,10,12,15-16,23-25,27-28H,5-6,9,11,13-14,17-21H2,1-4H3,(H,37,45)(H,38,42)(H,39,44)/t23-,24-,27+,28+,35-/m1/s1. The quantitative estimate of drug-likeness (QED) is 0.404. The lowest BCUT2D eigenvalue weighted by Gasteiger charge is -2.32. The molecule has 2 aliphatic carbocycles. The number of alkyl carbamates (subject to hydrolysis) is 1. The number of sulfonamides is 1. The van der Waals surface area contributed by atoms with E-state index in [1.165, 1.54) is 4.90 Å². The molecule has 272 valence electrons. The summed E-state index contributed by atoms with van der Waals surface area (Å²) in [5.41, 5.74) is -2.21. The molecule has 0 unspecified atom stereocenters. The van der Waals surface area contributed by atoms with E-state index in [9.17, 15) is 27.6 Å². The first-order valence-corrected chi connectivity index (χ1v) is 19.1. The van der Waals surface area contributed by atoms with Gasteiger partial charge in [-0.15, -0.1) is 0 Å². The van der Waals surface area contributed by atoms with Crippen LogP contribution in [-0.2, 0) is 29.1 Å². The first-order chi connectivity index (χ1) is 23.6. The van der Waals surface area contributed by atoms with E-state index in [0.717, 1.165) is 30.0 Å². The normalized spacial score (nSPS) is 28.4. The van der Waals surface area contributed by atoms with Crippen molar-refractivity contribution in [2.24, 2.45) is 5.92 Å². The lowest BCUT2D eigenvalue weighted by molar-refractivity contribution is -0.141. The molecule has 0 bridgehead atoms. The van der Waals surface area contributed by atoms with Gasteiger partial charge in [-0.3, -0.25) is 19.1 Å². The number of carbonyl (C=O) groups is 4. The fraction of sp³-hybridized carbons (Fsp3) is 0.629. The van der Waals surface area contributed by atoms with E-state index >= 15 is 0 Å². The third-order valence-corrected chi connectivity index (χ3v) is 11.7. The average molecular weight is 713 g/mol. The molecule has 2 saturated carbocycles. The van der Waals surface area contributed by atoms with Gasteiger partial charge in [-0.2, -0.15) is 0 Å². The van der Waals surface area contributed by atoms with E-state index in [0.29, 0.717) is 38.1 Å². The molecule has 50 heavy (non-hydrogen) atoms. The zero-order chi connectivity index (χ0) is 35.8. The summed E-state index contributed by atoms with van der Waals surface area (Å²) in [4.78, 5) is 63.2. The summed E-state index contributed by atoms with van der Waals surface area (Å²) in [6, 6.07) is 7.32. The molecule has 0 radical (unpaired) electrons. The third-order valence-electron chi connectivity index (χ3n) is 9.89. The molecule has 2 aliphatic heterocycles. The topological polar surface area (TPSA) is 176 Å². The van der Waals surface area contributed by atoms with Crippen molar-refractivity contribution >= 4 is 44.6 Å². The van der Waals surface area contributed by atoms with Crippen LogP contribution in [0.25, 0.3) is 10.8 Å². The minimum Gasteiger partial charge on any atom is -0.472 e. The van der Waals surface area contributed by atoms with E-state index in [1.54, 1.807) is 27.0 Å². The number of pyridine rings is 1. The molecule has 4 amide bonds. The Balaban J connectivity index is 1.31. The highest BCUT2D eigenvalue weighted by molar-refractivity contribution is 7.91. The van der Waals surface area contributed by atoms with E-state index in [2.05, 4.69) is 20.3 Å². The van der Waals surface area contributed by atoms with Gasteiger partial charge in [0.25, 0.3) is 5.91 Å². The summed E-state index contributed by atoms with van der Waals surface area (Å²) in [5, 5.41) is 6.74. The van der Waals surface area contributed by atoms with Crippen molar-refractivity contribution in [3.05, 3.63) is 36.5 Å². The minimum absolute atomic E-state index is 0.0106. The summed E-state index contributed by atoms with van der Waals surface area (Å²) < 4.78 is 39.7. The molecule has 3 N–H and O–H groups in total. The summed E-state index contributed by atoms with van der Waals surface area (Å²) in [5.74, 6) is -1.72. The summed E-state index contributed by atoms with van der Waals surface area (Å²) >= 11 is 0. The second-order valence-corrected chi connectivity index (χ2v) is 17.1. The Kier molecular flexibility index (Phi) is 10.0. The number of aromatic nitrogens is 1. The fourth-order valence-electron chi connectivity index (χ4n) is 7.06. The van der Waals surface area contributed by atoms with E-state index in [1.807, 2.05) is 42.3 Å². The van der Waals surface area contributed by atoms with Crippen LogP contribution in [0.2, 0.25) is 0 Å². The predicted octanol–water partition coefficient (Wildman–Crippen LogP) is 2.47. The van der Waals surface area contributed by atoms with Gasteiger partial charge in [0.1, 0.15) is 29.3 Å². The molecule has 5 atom stereocenters. The molecule has 4 fully saturated rings. The lowest BCUT2D eigenvalue weighted by Crippen LogP contribution is -2.59. The van der Waals surface area contributed by atoms with Crippen molar-refractivity contribution in [2.45, 2.75) is 107 Å². The Morgan fingerprint density at radius 2 is 1.80 bits per heavy atom. The molecule has 15 heteroatoms. The number of benzene rings is 1. The molecule has 1 aromatic carbocycles. The van der Waals surface area contributed by atoms with E-state index < -0.39 is 68.4 Å². The van der Waals surface area contributed by atoms with Crippen LogP contribution >= 0.6 is 0 Å². The van der Waals surface area contributed by atoms with E-state index in [4.69, 9.17) is 9.47 Å². The van der Waals surface area contributed by atoms with Crippen molar-refractivity contribution in [3.8, 4) is 5.88 Å². The van der Waals surface area contributed by atoms with Gasteiger partial charge in [0.05, 0.1) is 11.8 Å². The molecule has 0 spiro atoms. The second-order valence-electron chi connectivity index (χ2n) is 15.2. The SMILES string of the molecule is CN1CCCCC[C@@H]2C[C@@]2(C(=O)NS(=O)(=O)C2CC2)NC(=O)[C@@H]2C[C@@H](Oc3nccc4ccccc34)CN2C(=O)[C@@H](NC(=O)OC(C)(C)C)C1. The second kappa shape index (κ2) is 14.0. The molecular weight excluding hydrogens is 664 g/mol. The highest BCUT2D eigenvalue weighted by atomic mass is 32.2. The van der Waals surface area contributed by atoms with Crippen LogP contribution in [0.3, 0.4) is 0 Å². The van der Waals surface area contributed by atoms with Crippen LogP contribution in [-0.4, -0.2) is 108 Å². The summed E-state index contributed by atoms with van der Waals surface area (Å²) in [6.45, 7) is 6.02. The number of hydrogen-bond acceptors (Lipinski definition) is 10. The van der Waals surface area contributed by atoms with Crippen LogP contribution in [0.15, 0.2) is 36.5 Å². The summed E-state index contributed by atoms with van der Waals surface area (Å²) in [6.07, 6.45) is 4.63. The zero-order valence-electron chi connectivity index (χ0n) is 29.1. The van der Waals surface area contributed by atoms with Crippen molar-refractivity contribution in [3.63, 3.8) is 0 Å². The van der Waals surface area contributed by atoms with Crippen LogP contribution in [0.1, 0.15) is 72.1 Å². The number of nitrogens with zero attached hydrogens (tertiary/aromatic N) is 3. The zero-order valence-corrected chi connectivity index (χ0v) is 30.0. The smallest absolute Gasteiger partial charge is 0.408 e. The molecule has 2 saturated heterocycles. The molecule has 14 nitrogen and oxygen atoms in total. The van der Waals surface area contributed by atoms with Gasteiger partial charge in [-0.25, -0.2) is 18.2 Å². The maximum atomic E-state index is 14.5. The van der Waals surface area contributed by atoms with Gasteiger partial charge < -0.3 is 29.9 Å². The van der Waals surface area contributed by atoms with Crippen LogP contribution < -0.4 is 20.1 Å².